The van der Waals surface area contributed by atoms with Crippen molar-refractivity contribution in [2.45, 2.75) is 13.0 Å². The minimum Gasteiger partial charge on any atom is -0.478 e. The standard InChI is InChI=1S/C11H20N4O3S.C4H4O4/c1-2-12-7-9(16)8-18-11-10(13-19-14-11)15-3-5-17-6-4-15;5-3(6)1-2-4(7)8/h9,12,16H,2-8H2,1H3;1-2H,(H,5,6)(H,7,8)/b;2-1-/i7D2,8D2,9D;. The van der Waals surface area contributed by atoms with E-state index in [2.05, 4.69) is 14.1 Å². The average Bonchev–Trinajstić information content (AvgIpc) is 3.14. The second-order valence-electron chi connectivity index (χ2n) is 4.71. The molecule has 0 spiro atoms. The SMILES string of the molecule is O=C(O)/C=C\C(=O)O.[2H]C([2H])(NCC)C([2H])(O)C([2H])([2H])Oc1nsnc1N1CCOCC1. The van der Waals surface area contributed by atoms with Gasteiger partial charge in [-0.05, 0) is 6.54 Å². The molecule has 1 fully saturated rings. The quantitative estimate of drug-likeness (QED) is 0.388. The zero-order chi connectivity index (χ0) is 24.6. The number of hydrogen-bond acceptors (Lipinski definition) is 10. The van der Waals surface area contributed by atoms with Gasteiger partial charge < -0.3 is 35.0 Å². The van der Waals surface area contributed by atoms with Crippen molar-refractivity contribution in [1.82, 2.24) is 14.1 Å². The summed E-state index contributed by atoms with van der Waals surface area (Å²) >= 11 is 0.803. The van der Waals surface area contributed by atoms with Crippen molar-refractivity contribution in [2.24, 2.45) is 0 Å². The van der Waals surface area contributed by atoms with Crippen molar-refractivity contribution in [2.75, 3.05) is 50.8 Å². The Hall–Kier alpha value is -2.28. The lowest BCUT2D eigenvalue weighted by Crippen LogP contribution is -2.37. The zero-order valence-corrected chi connectivity index (χ0v) is 15.2. The van der Waals surface area contributed by atoms with Crippen LogP contribution in [0.5, 0.6) is 5.88 Å². The monoisotopic (exact) mass is 409 g/mol. The molecule has 0 radical (unpaired) electrons. The summed E-state index contributed by atoms with van der Waals surface area (Å²) in [6.07, 6.45) is -2.10. The molecule has 0 aliphatic carbocycles. The lowest BCUT2D eigenvalue weighted by Gasteiger charge is -2.26. The van der Waals surface area contributed by atoms with Crippen LogP contribution in [0.3, 0.4) is 0 Å². The first-order chi connectivity index (χ1) is 14.7. The summed E-state index contributed by atoms with van der Waals surface area (Å²) in [6, 6.07) is 0. The highest BCUT2D eigenvalue weighted by molar-refractivity contribution is 6.99. The van der Waals surface area contributed by atoms with Crippen LogP contribution in [0.2, 0.25) is 0 Å². The van der Waals surface area contributed by atoms with Gasteiger partial charge in [0.25, 0.3) is 5.88 Å². The van der Waals surface area contributed by atoms with E-state index in [0.717, 1.165) is 11.7 Å². The van der Waals surface area contributed by atoms with Gasteiger partial charge >= 0.3 is 11.9 Å². The van der Waals surface area contributed by atoms with E-state index in [9.17, 15) is 14.7 Å². The molecule has 0 bridgehead atoms. The van der Waals surface area contributed by atoms with Gasteiger partial charge in [0.05, 0.1) is 29.1 Å². The number of likely N-dealkylation sites (N-methyl/N-ethyl adjacent to an activating group) is 1. The maximum absolute atomic E-state index is 10.2. The largest absolute Gasteiger partial charge is 0.478 e. The Labute approximate surface area is 167 Å². The molecule has 1 aromatic heterocycles. The number of aliphatic hydroxyl groups is 1. The van der Waals surface area contributed by atoms with E-state index in [1.54, 1.807) is 11.8 Å². The van der Waals surface area contributed by atoms with Gasteiger partial charge in [-0.1, -0.05) is 6.92 Å². The van der Waals surface area contributed by atoms with Crippen LogP contribution in [0.25, 0.3) is 0 Å². The summed E-state index contributed by atoms with van der Waals surface area (Å²) in [6.45, 7) is -2.14. The Morgan fingerprint density at radius 2 is 2.04 bits per heavy atom. The molecular formula is C15H24N4O7S. The number of nitrogens with zero attached hydrogens (tertiary/aromatic N) is 3. The molecular weight excluding hydrogens is 380 g/mol. The van der Waals surface area contributed by atoms with E-state index >= 15 is 0 Å². The van der Waals surface area contributed by atoms with Crippen molar-refractivity contribution in [3.63, 3.8) is 0 Å². The van der Waals surface area contributed by atoms with Crippen LogP contribution in [0.1, 0.15) is 13.8 Å². The van der Waals surface area contributed by atoms with Gasteiger partial charge in [-0.2, -0.15) is 4.37 Å². The lowest BCUT2D eigenvalue weighted by molar-refractivity contribution is -0.134. The molecule has 2 rings (SSSR count). The maximum Gasteiger partial charge on any atom is 0.328 e. The van der Waals surface area contributed by atoms with E-state index in [0.29, 0.717) is 38.5 Å². The molecule has 0 aromatic carbocycles. The van der Waals surface area contributed by atoms with Gasteiger partial charge in [0.15, 0.2) is 0 Å². The van der Waals surface area contributed by atoms with E-state index in [-0.39, 0.29) is 18.2 Å². The third-order valence-electron chi connectivity index (χ3n) is 2.75. The Balaban J connectivity index is 0.000000547. The summed E-state index contributed by atoms with van der Waals surface area (Å²) in [5, 5.41) is 28.0. The third kappa shape index (κ3) is 9.84. The fourth-order valence-electron chi connectivity index (χ4n) is 1.65. The lowest BCUT2D eigenvalue weighted by atomic mass is 10.4. The fraction of sp³-hybridized carbons (Fsp3) is 0.600. The Kier molecular flexibility index (Phi) is 7.57. The molecule has 12 heteroatoms. The van der Waals surface area contributed by atoms with Crippen molar-refractivity contribution < 1.29 is 41.2 Å². The molecule has 1 unspecified atom stereocenters. The second kappa shape index (κ2) is 13.0. The summed E-state index contributed by atoms with van der Waals surface area (Å²) in [5.74, 6) is -2.42. The predicted molar refractivity (Wildman–Crippen MR) is 97.4 cm³/mol. The number of carboxylic acid groups (broad SMARTS) is 2. The maximum atomic E-state index is 10.2. The van der Waals surface area contributed by atoms with Gasteiger partial charge in [0.2, 0.25) is 5.82 Å². The van der Waals surface area contributed by atoms with Crippen LogP contribution in [0.15, 0.2) is 12.2 Å². The van der Waals surface area contributed by atoms with Crippen LogP contribution >= 0.6 is 11.7 Å². The zero-order valence-electron chi connectivity index (χ0n) is 19.4. The summed E-state index contributed by atoms with van der Waals surface area (Å²) < 4.78 is 57.2. The van der Waals surface area contributed by atoms with Gasteiger partial charge in [0, 0.05) is 34.5 Å². The molecule has 11 nitrogen and oxygen atoms in total. The Bertz CT molecular complexity index is 787. The number of carboxylic acids is 2. The predicted octanol–water partition coefficient (Wildman–Crippen LogP) is -0.564. The van der Waals surface area contributed by atoms with Gasteiger partial charge in [0.1, 0.15) is 12.6 Å². The average molecular weight is 409 g/mol. The smallest absolute Gasteiger partial charge is 0.328 e. The summed E-state index contributed by atoms with van der Waals surface area (Å²) in [5.41, 5.74) is 0. The Morgan fingerprint density at radius 1 is 1.41 bits per heavy atom. The molecule has 4 N–H and O–H groups in total. The first kappa shape index (κ1) is 15.7. The molecule has 27 heavy (non-hydrogen) atoms. The van der Waals surface area contributed by atoms with Crippen molar-refractivity contribution in [3.8, 4) is 5.88 Å². The third-order valence-corrected chi connectivity index (χ3v) is 3.25. The van der Waals surface area contributed by atoms with Gasteiger partial charge in [-0.25, -0.2) is 9.59 Å². The van der Waals surface area contributed by atoms with Crippen molar-refractivity contribution in [1.29, 1.82) is 0 Å². The fourth-order valence-corrected chi connectivity index (χ4v) is 2.15. The molecule has 0 amide bonds. The molecule has 0 saturated carbocycles. The normalized spacial score (nSPS) is 20.1. The molecule has 2 heterocycles. The number of nitrogens with one attached hydrogen (secondary N) is 1. The highest BCUT2D eigenvalue weighted by Crippen LogP contribution is 2.26. The van der Waals surface area contributed by atoms with Crippen LogP contribution < -0.4 is 15.0 Å². The van der Waals surface area contributed by atoms with Crippen LogP contribution in [-0.4, -0.2) is 88.0 Å². The van der Waals surface area contributed by atoms with Gasteiger partial charge in [-0.3, -0.25) is 0 Å². The number of ether oxygens (including phenoxy) is 2. The number of aromatic nitrogens is 2. The molecule has 1 aromatic rings. The second-order valence-corrected chi connectivity index (χ2v) is 5.24. The number of aliphatic carboxylic acids is 2. The van der Waals surface area contributed by atoms with Crippen molar-refractivity contribution >= 4 is 29.5 Å². The van der Waals surface area contributed by atoms with E-state index in [4.69, 9.17) is 26.5 Å². The minimum absolute atomic E-state index is 0.0988. The molecule has 1 atom stereocenters. The first-order valence-corrected chi connectivity index (χ1v) is 8.43. The molecule has 152 valence electrons. The first-order valence-electron chi connectivity index (χ1n) is 10.2. The summed E-state index contributed by atoms with van der Waals surface area (Å²) in [4.78, 5) is 20.9. The number of morpholine rings is 1. The summed E-state index contributed by atoms with van der Waals surface area (Å²) in [7, 11) is 0. The van der Waals surface area contributed by atoms with Gasteiger partial charge in [-0.15, -0.1) is 4.37 Å². The number of anilines is 1. The molecule has 1 aliphatic heterocycles. The van der Waals surface area contributed by atoms with Crippen LogP contribution in [0, 0.1) is 0 Å². The number of hydrogen-bond donors (Lipinski definition) is 4. The topological polar surface area (TPSA) is 154 Å². The molecule has 1 aliphatic rings. The highest BCUT2D eigenvalue weighted by atomic mass is 32.1. The van der Waals surface area contributed by atoms with Crippen molar-refractivity contribution in [3.05, 3.63) is 12.2 Å². The number of carbonyl (C=O) groups is 2. The number of rotatable bonds is 9. The van der Waals surface area contributed by atoms with E-state index < -0.39 is 31.1 Å². The highest BCUT2D eigenvalue weighted by Gasteiger charge is 2.20. The van der Waals surface area contributed by atoms with Crippen LogP contribution in [-0.2, 0) is 14.3 Å². The van der Waals surface area contributed by atoms with E-state index in [1.165, 1.54) is 0 Å². The van der Waals surface area contributed by atoms with Crippen LogP contribution in [0.4, 0.5) is 5.82 Å². The molecule has 1 saturated heterocycles. The Morgan fingerprint density at radius 3 is 2.59 bits per heavy atom. The minimum atomic E-state index is -3.22. The van der Waals surface area contributed by atoms with E-state index in [1.807, 2.05) is 0 Å².